The van der Waals surface area contributed by atoms with Crippen molar-refractivity contribution in [2.24, 2.45) is 0 Å². The number of pyridine rings is 1. The number of anilines is 1. The Hall–Kier alpha value is -3.72. The van der Waals surface area contributed by atoms with Crippen LogP contribution in [0.2, 0.25) is 0 Å². The molecule has 2 aliphatic heterocycles. The molecule has 3 aromatic rings. The van der Waals surface area contributed by atoms with Gasteiger partial charge in [0.2, 0.25) is 6.79 Å². The second kappa shape index (κ2) is 10.1. The van der Waals surface area contributed by atoms with Crippen molar-refractivity contribution in [2.75, 3.05) is 53.2 Å². The number of carbonyl (C=O) groups is 1. The Balaban J connectivity index is 1.53. The van der Waals surface area contributed by atoms with Gasteiger partial charge in [-0.15, -0.1) is 0 Å². The number of nitrogens with zero attached hydrogens (tertiary/aromatic N) is 3. The zero-order chi connectivity index (χ0) is 25.2. The van der Waals surface area contributed by atoms with Gasteiger partial charge in [-0.2, -0.15) is 0 Å². The van der Waals surface area contributed by atoms with Crippen molar-refractivity contribution in [1.29, 1.82) is 0 Å². The molecule has 2 aliphatic rings. The molecule has 0 N–H and O–H groups in total. The van der Waals surface area contributed by atoms with Gasteiger partial charge in [0.15, 0.2) is 11.5 Å². The molecule has 1 amide bonds. The van der Waals surface area contributed by atoms with E-state index in [4.69, 9.17) is 28.7 Å². The molecule has 5 rings (SSSR count). The van der Waals surface area contributed by atoms with Gasteiger partial charge in [0.25, 0.3) is 5.91 Å². The highest BCUT2D eigenvalue weighted by atomic mass is 16.7. The Morgan fingerprint density at radius 1 is 1.08 bits per heavy atom. The van der Waals surface area contributed by atoms with Crippen molar-refractivity contribution in [2.45, 2.75) is 25.5 Å². The minimum Gasteiger partial charge on any atom is -0.497 e. The Labute approximate surface area is 210 Å². The van der Waals surface area contributed by atoms with Crippen LogP contribution in [0.15, 0.2) is 36.4 Å². The number of ether oxygens (including phenoxy) is 5. The van der Waals surface area contributed by atoms with Gasteiger partial charge < -0.3 is 33.5 Å². The van der Waals surface area contributed by atoms with Crippen LogP contribution in [0.25, 0.3) is 10.9 Å². The third-order valence-electron chi connectivity index (χ3n) is 6.52. The fourth-order valence-corrected chi connectivity index (χ4v) is 4.71. The summed E-state index contributed by atoms with van der Waals surface area (Å²) in [5, 5.41) is 0.923. The summed E-state index contributed by atoms with van der Waals surface area (Å²) in [6.45, 7) is 1.75. The van der Waals surface area contributed by atoms with Crippen LogP contribution < -0.4 is 23.8 Å². The molecule has 0 spiro atoms. The number of hydrogen-bond acceptors (Lipinski definition) is 8. The number of rotatable bonds is 8. The highest BCUT2D eigenvalue weighted by Gasteiger charge is 2.27. The van der Waals surface area contributed by atoms with Gasteiger partial charge in [-0.3, -0.25) is 4.79 Å². The van der Waals surface area contributed by atoms with E-state index in [1.165, 1.54) is 0 Å². The highest BCUT2D eigenvalue weighted by molar-refractivity contribution is 5.97. The molecule has 0 saturated carbocycles. The van der Waals surface area contributed by atoms with Crippen LogP contribution in [-0.2, 0) is 11.3 Å². The highest BCUT2D eigenvalue weighted by Crippen LogP contribution is 2.37. The second-order valence-corrected chi connectivity index (χ2v) is 9.15. The molecule has 36 heavy (non-hydrogen) atoms. The lowest BCUT2D eigenvalue weighted by Gasteiger charge is -2.28. The summed E-state index contributed by atoms with van der Waals surface area (Å²) in [6, 6.07) is 11.1. The van der Waals surface area contributed by atoms with Crippen LogP contribution >= 0.6 is 0 Å². The number of aromatic nitrogens is 1. The first-order chi connectivity index (χ1) is 17.5. The summed E-state index contributed by atoms with van der Waals surface area (Å²) in [4.78, 5) is 22.6. The second-order valence-electron chi connectivity index (χ2n) is 9.15. The Morgan fingerprint density at radius 3 is 2.58 bits per heavy atom. The van der Waals surface area contributed by atoms with E-state index in [-0.39, 0.29) is 18.8 Å². The van der Waals surface area contributed by atoms with Crippen LogP contribution in [0.3, 0.4) is 0 Å². The summed E-state index contributed by atoms with van der Waals surface area (Å²) in [7, 11) is 7.03. The van der Waals surface area contributed by atoms with E-state index in [1.807, 2.05) is 36.0 Å². The number of fused-ring (bicyclic) bond motifs is 2. The molecule has 1 fully saturated rings. The molecule has 1 atom stereocenters. The first-order valence-electron chi connectivity index (χ1n) is 12.0. The minimum atomic E-state index is -0.138. The number of methoxy groups -OCH3 is 2. The molecular formula is C27H31N3O6. The number of hydrogen-bond donors (Lipinski definition) is 0. The van der Waals surface area contributed by atoms with E-state index in [9.17, 15) is 4.79 Å². The third-order valence-corrected chi connectivity index (χ3v) is 6.52. The van der Waals surface area contributed by atoms with Gasteiger partial charge in [-0.25, -0.2) is 4.98 Å². The number of amides is 1. The monoisotopic (exact) mass is 493 g/mol. The summed E-state index contributed by atoms with van der Waals surface area (Å²) >= 11 is 0. The molecule has 0 bridgehead atoms. The van der Waals surface area contributed by atoms with Gasteiger partial charge >= 0.3 is 0 Å². The molecule has 1 saturated heterocycles. The van der Waals surface area contributed by atoms with Gasteiger partial charge in [-0.1, -0.05) is 0 Å². The van der Waals surface area contributed by atoms with Crippen molar-refractivity contribution in [3.8, 4) is 23.0 Å². The van der Waals surface area contributed by atoms with Crippen molar-refractivity contribution in [3.63, 3.8) is 0 Å². The van der Waals surface area contributed by atoms with E-state index >= 15 is 0 Å². The van der Waals surface area contributed by atoms with E-state index < -0.39 is 0 Å². The topological polar surface area (TPSA) is 82.6 Å². The van der Waals surface area contributed by atoms with Crippen molar-refractivity contribution >= 4 is 22.6 Å². The van der Waals surface area contributed by atoms with Crippen LogP contribution in [0.1, 0.15) is 28.8 Å². The van der Waals surface area contributed by atoms with E-state index in [0.29, 0.717) is 48.3 Å². The molecule has 0 radical (unpaired) electrons. The molecular weight excluding hydrogens is 462 g/mol. The predicted octanol–water partition coefficient (Wildman–Crippen LogP) is 3.87. The lowest BCUT2D eigenvalue weighted by atomic mass is 10.1. The summed E-state index contributed by atoms with van der Waals surface area (Å²) in [5.41, 5.74) is 2.20. The zero-order valence-corrected chi connectivity index (χ0v) is 21.1. The molecule has 0 aliphatic carbocycles. The predicted molar refractivity (Wildman–Crippen MR) is 135 cm³/mol. The van der Waals surface area contributed by atoms with Gasteiger partial charge in [0.1, 0.15) is 17.3 Å². The fraction of sp³-hybridized carbons (Fsp3) is 0.407. The van der Waals surface area contributed by atoms with E-state index in [1.54, 1.807) is 32.4 Å². The van der Waals surface area contributed by atoms with Crippen LogP contribution in [0, 0.1) is 0 Å². The first-order valence-corrected chi connectivity index (χ1v) is 12.0. The van der Waals surface area contributed by atoms with Crippen LogP contribution in [0.5, 0.6) is 23.0 Å². The quantitative estimate of drug-likeness (QED) is 0.468. The largest absolute Gasteiger partial charge is 0.497 e. The molecule has 9 nitrogen and oxygen atoms in total. The normalized spacial score (nSPS) is 16.3. The minimum absolute atomic E-state index is 0.0109. The average Bonchev–Trinajstić information content (AvgIpc) is 3.57. The van der Waals surface area contributed by atoms with Gasteiger partial charge in [0.05, 0.1) is 31.4 Å². The van der Waals surface area contributed by atoms with Crippen molar-refractivity contribution in [3.05, 3.63) is 47.5 Å². The van der Waals surface area contributed by atoms with Gasteiger partial charge in [-0.05, 0) is 37.1 Å². The summed E-state index contributed by atoms with van der Waals surface area (Å²) < 4.78 is 27.8. The maximum Gasteiger partial charge on any atom is 0.258 e. The Bertz CT molecular complexity index is 1270. The fourth-order valence-electron chi connectivity index (χ4n) is 4.71. The zero-order valence-electron chi connectivity index (χ0n) is 21.1. The number of benzene rings is 2. The van der Waals surface area contributed by atoms with Crippen molar-refractivity contribution < 1.29 is 28.5 Å². The van der Waals surface area contributed by atoms with Crippen LogP contribution in [0.4, 0.5) is 5.82 Å². The maximum atomic E-state index is 13.9. The van der Waals surface area contributed by atoms with Crippen molar-refractivity contribution in [1.82, 2.24) is 9.88 Å². The molecule has 0 unspecified atom stereocenters. The molecule has 9 heteroatoms. The standard InChI is InChI=1S/C27H31N3O6/c1-29(2)26-18(10-17-11-24-25(36-16-35-24)13-22(17)28-26)14-30(15-20-6-5-9-34-20)27(31)21-8-7-19(32-3)12-23(21)33-4/h7-8,10-13,20H,5-6,9,14-16H2,1-4H3/t20-/m0/s1. The lowest BCUT2D eigenvalue weighted by molar-refractivity contribution is 0.0505. The average molecular weight is 494 g/mol. The SMILES string of the molecule is COc1ccc(C(=O)N(Cc2cc3cc4c(cc3nc2N(C)C)OCO4)C[C@@H]2CCCO2)c(OC)c1. The summed E-state index contributed by atoms with van der Waals surface area (Å²) in [6.07, 6.45) is 1.90. The Kier molecular flexibility index (Phi) is 6.73. The molecule has 3 heterocycles. The van der Waals surface area contributed by atoms with Crippen LogP contribution in [-0.4, -0.2) is 70.2 Å². The lowest BCUT2D eigenvalue weighted by Crippen LogP contribution is -2.37. The molecule has 190 valence electrons. The third kappa shape index (κ3) is 4.70. The molecule has 2 aromatic carbocycles. The molecule has 1 aromatic heterocycles. The van der Waals surface area contributed by atoms with E-state index in [2.05, 4.69) is 6.07 Å². The van der Waals surface area contributed by atoms with E-state index in [0.717, 1.165) is 35.1 Å². The smallest absolute Gasteiger partial charge is 0.258 e. The first kappa shape index (κ1) is 24.0. The Morgan fingerprint density at radius 2 is 1.89 bits per heavy atom. The maximum absolute atomic E-state index is 13.9. The summed E-state index contributed by atoms with van der Waals surface area (Å²) in [5.74, 6) is 3.13. The van der Waals surface area contributed by atoms with Gasteiger partial charge in [0, 0.05) is 56.9 Å². The number of carbonyl (C=O) groups excluding carboxylic acids is 1.